The second-order valence-electron chi connectivity index (χ2n) is 4.37. The fraction of sp³-hybridized carbons (Fsp3) is 0.267. The van der Waals surface area contributed by atoms with E-state index in [9.17, 15) is 4.79 Å². The van der Waals surface area contributed by atoms with Crippen LogP contribution in [0.1, 0.15) is 35.9 Å². The molecular weight excluding hydrogens is 240 g/mol. The van der Waals surface area contributed by atoms with Crippen LogP contribution in [-0.4, -0.2) is 17.1 Å². The Morgan fingerprint density at radius 1 is 1.37 bits per heavy atom. The number of carbonyl (C=O) groups excluding carboxylic acids is 1. The number of nitrogens with two attached hydrogens (primary N) is 1. The lowest BCUT2D eigenvalue weighted by Gasteiger charge is -2.17. The highest BCUT2D eigenvalue weighted by molar-refractivity contribution is 5.89. The van der Waals surface area contributed by atoms with Gasteiger partial charge in [0.25, 0.3) is 0 Å². The number of rotatable bonds is 4. The molecule has 100 valence electrons. The maximum Gasteiger partial charge on any atom is 0.355 e. The van der Waals surface area contributed by atoms with Gasteiger partial charge in [-0.3, -0.25) is 0 Å². The first kappa shape index (κ1) is 13.2. The van der Waals surface area contributed by atoms with Crippen LogP contribution >= 0.6 is 0 Å². The molecule has 2 aromatic rings. The number of aromatic nitrogens is 1. The summed E-state index contributed by atoms with van der Waals surface area (Å²) in [5, 5.41) is 0. The van der Waals surface area contributed by atoms with Crippen LogP contribution in [0, 0.1) is 0 Å². The molecule has 1 heterocycles. The zero-order valence-electron chi connectivity index (χ0n) is 11.2. The van der Waals surface area contributed by atoms with Gasteiger partial charge < -0.3 is 15.0 Å². The fourth-order valence-corrected chi connectivity index (χ4v) is 2.08. The molecule has 0 saturated heterocycles. The van der Waals surface area contributed by atoms with Gasteiger partial charge in [-0.05, 0) is 25.5 Å². The Hall–Kier alpha value is -2.23. The lowest BCUT2D eigenvalue weighted by molar-refractivity contribution is 0.0512. The molecule has 0 bridgehead atoms. The monoisotopic (exact) mass is 258 g/mol. The van der Waals surface area contributed by atoms with E-state index in [1.54, 1.807) is 19.2 Å². The van der Waals surface area contributed by atoms with Crippen LogP contribution < -0.4 is 5.73 Å². The van der Waals surface area contributed by atoms with E-state index in [-0.39, 0.29) is 12.0 Å². The second kappa shape index (κ2) is 5.61. The Labute approximate surface area is 112 Å². The third kappa shape index (κ3) is 2.78. The SMILES string of the molecule is CCOC(=O)c1cc(N)cn1C(C)c1ccccc1. The average Bonchev–Trinajstić information content (AvgIpc) is 2.81. The van der Waals surface area contributed by atoms with E-state index >= 15 is 0 Å². The van der Waals surface area contributed by atoms with Gasteiger partial charge in [0, 0.05) is 6.20 Å². The molecule has 2 N–H and O–H groups in total. The Balaban J connectivity index is 2.37. The van der Waals surface area contributed by atoms with Gasteiger partial charge in [-0.25, -0.2) is 4.79 Å². The number of anilines is 1. The molecule has 0 saturated carbocycles. The van der Waals surface area contributed by atoms with E-state index in [4.69, 9.17) is 10.5 Å². The van der Waals surface area contributed by atoms with Gasteiger partial charge in [0.1, 0.15) is 5.69 Å². The first-order valence-corrected chi connectivity index (χ1v) is 6.33. The first-order valence-electron chi connectivity index (χ1n) is 6.33. The minimum atomic E-state index is -0.345. The number of nitrogen functional groups attached to an aromatic ring is 1. The van der Waals surface area contributed by atoms with Gasteiger partial charge in [0.15, 0.2) is 0 Å². The van der Waals surface area contributed by atoms with Gasteiger partial charge in [-0.15, -0.1) is 0 Å². The van der Waals surface area contributed by atoms with Crippen LogP contribution in [0.15, 0.2) is 42.6 Å². The standard InChI is InChI=1S/C15H18N2O2/c1-3-19-15(18)14-9-13(16)10-17(14)11(2)12-7-5-4-6-8-12/h4-11H,3,16H2,1-2H3. The molecule has 1 atom stereocenters. The molecule has 19 heavy (non-hydrogen) atoms. The van der Waals surface area contributed by atoms with Gasteiger partial charge >= 0.3 is 5.97 Å². The molecule has 1 unspecified atom stereocenters. The number of carbonyl (C=O) groups is 1. The van der Waals surface area contributed by atoms with Gasteiger partial charge in [-0.2, -0.15) is 0 Å². The molecular formula is C15H18N2O2. The normalized spacial score (nSPS) is 12.1. The number of hydrogen-bond donors (Lipinski definition) is 1. The molecule has 1 aromatic carbocycles. The van der Waals surface area contributed by atoms with Crippen LogP contribution in [0.5, 0.6) is 0 Å². The molecule has 0 aliphatic rings. The predicted octanol–water partition coefficient (Wildman–Crippen LogP) is 2.86. The quantitative estimate of drug-likeness (QED) is 0.858. The molecule has 4 heteroatoms. The minimum absolute atomic E-state index is 0.0258. The van der Waals surface area contributed by atoms with Crippen molar-refractivity contribution in [1.29, 1.82) is 0 Å². The molecule has 0 radical (unpaired) electrons. The van der Waals surface area contributed by atoms with E-state index < -0.39 is 0 Å². The van der Waals surface area contributed by atoms with E-state index in [1.165, 1.54) is 0 Å². The second-order valence-corrected chi connectivity index (χ2v) is 4.37. The Bertz CT molecular complexity index is 561. The summed E-state index contributed by atoms with van der Waals surface area (Å²) in [7, 11) is 0. The molecule has 2 rings (SSSR count). The Morgan fingerprint density at radius 3 is 2.68 bits per heavy atom. The number of hydrogen-bond acceptors (Lipinski definition) is 3. The molecule has 0 spiro atoms. The summed E-state index contributed by atoms with van der Waals surface area (Å²) < 4.78 is 6.90. The smallest absolute Gasteiger partial charge is 0.355 e. The lowest BCUT2D eigenvalue weighted by Crippen LogP contribution is -2.15. The third-order valence-electron chi connectivity index (χ3n) is 3.05. The zero-order valence-corrected chi connectivity index (χ0v) is 11.2. The summed E-state index contributed by atoms with van der Waals surface area (Å²) in [6, 6.07) is 11.6. The summed E-state index contributed by atoms with van der Waals surface area (Å²) in [6.45, 7) is 4.16. The highest BCUT2D eigenvalue weighted by Gasteiger charge is 2.18. The topological polar surface area (TPSA) is 57.2 Å². The van der Waals surface area contributed by atoms with E-state index in [0.717, 1.165) is 5.56 Å². The first-order chi connectivity index (χ1) is 9.13. The molecule has 0 amide bonds. The Kier molecular flexibility index (Phi) is 3.90. The maximum atomic E-state index is 11.9. The van der Waals surface area contributed by atoms with E-state index in [0.29, 0.717) is 18.0 Å². The largest absolute Gasteiger partial charge is 0.461 e. The lowest BCUT2D eigenvalue weighted by atomic mass is 10.1. The highest BCUT2D eigenvalue weighted by atomic mass is 16.5. The van der Waals surface area contributed by atoms with Crippen molar-refractivity contribution in [1.82, 2.24) is 4.57 Å². The number of nitrogens with zero attached hydrogens (tertiary/aromatic N) is 1. The fourth-order valence-electron chi connectivity index (χ4n) is 2.08. The minimum Gasteiger partial charge on any atom is -0.461 e. The van der Waals surface area contributed by atoms with Crippen molar-refractivity contribution in [3.63, 3.8) is 0 Å². The van der Waals surface area contributed by atoms with Crippen molar-refractivity contribution in [3.8, 4) is 0 Å². The molecule has 1 aromatic heterocycles. The number of benzene rings is 1. The molecule has 0 aliphatic carbocycles. The predicted molar refractivity (Wildman–Crippen MR) is 75.1 cm³/mol. The van der Waals surface area contributed by atoms with E-state index in [1.807, 2.05) is 41.8 Å². The summed E-state index contributed by atoms with van der Waals surface area (Å²) in [6.07, 6.45) is 1.77. The van der Waals surface area contributed by atoms with Crippen molar-refractivity contribution in [2.24, 2.45) is 0 Å². The molecule has 0 fully saturated rings. The van der Waals surface area contributed by atoms with Gasteiger partial charge in [-0.1, -0.05) is 30.3 Å². The van der Waals surface area contributed by atoms with Crippen LogP contribution in [-0.2, 0) is 4.74 Å². The maximum absolute atomic E-state index is 11.9. The van der Waals surface area contributed by atoms with Crippen molar-refractivity contribution in [3.05, 3.63) is 53.9 Å². The highest BCUT2D eigenvalue weighted by Crippen LogP contribution is 2.23. The van der Waals surface area contributed by atoms with Crippen LogP contribution in [0.25, 0.3) is 0 Å². The van der Waals surface area contributed by atoms with Crippen molar-refractivity contribution < 1.29 is 9.53 Å². The van der Waals surface area contributed by atoms with Crippen LogP contribution in [0.3, 0.4) is 0 Å². The third-order valence-corrected chi connectivity index (χ3v) is 3.05. The summed E-state index contributed by atoms with van der Waals surface area (Å²) in [5.74, 6) is -0.345. The average molecular weight is 258 g/mol. The summed E-state index contributed by atoms with van der Waals surface area (Å²) in [5.41, 5.74) is 7.96. The van der Waals surface area contributed by atoms with Crippen molar-refractivity contribution in [2.45, 2.75) is 19.9 Å². The van der Waals surface area contributed by atoms with E-state index in [2.05, 4.69) is 0 Å². The van der Waals surface area contributed by atoms with Gasteiger partial charge in [0.2, 0.25) is 0 Å². The Morgan fingerprint density at radius 2 is 2.05 bits per heavy atom. The number of esters is 1. The number of ether oxygens (including phenoxy) is 1. The summed E-state index contributed by atoms with van der Waals surface area (Å²) >= 11 is 0. The zero-order chi connectivity index (χ0) is 13.8. The van der Waals surface area contributed by atoms with Gasteiger partial charge in [0.05, 0.1) is 18.3 Å². The summed E-state index contributed by atoms with van der Waals surface area (Å²) in [4.78, 5) is 11.9. The molecule has 4 nitrogen and oxygen atoms in total. The molecule has 0 aliphatic heterocycles. The van der Waals surface area contributed by atoms with Crippen LogP contribution in [0.2, 0.25) is 0 Å². The van der Waals surface area contributed by atoms with Crippen molar-refractivity contribution in [2.75, 3.05) is 12.3 Å². The van der Waals surface area contributed by atoms with Crippen molar-refractivity contribution >= 4 is 11.7 Å². The van der Waals surface area contributed by atoms with Crippen LogP contribution in [0.4, 0.5) is 5.69 Å².